The van der Waals surface area contributed by atoms with Crippen LogP contribution in [-0.4, -0.2) is 61.5 Å². The van der Waals surface area contributed by atoms with Gasteiger partial charge in [0.25, 0.3) is 0 Å². The first-order chi connectivity index (χ1) is 16.6. The number of piperazine rings is 1. The van der Waals surface area contributed by atoms with Gasteiger partial charge in [-0.1, -0.05) is 53.7 Å². The van der Waals surface area contributed by atoms with Crippen molar-refractivity contribution >= 4 is 40.8 Å². The van der Waals surface area contributed by atoms with Crippen LogP contribution in [0.2, 0.25) is 5.15 Å². The number of anilines is 2. The second-order valence-corrected chi connectivity index (χ2v) is 9.21. The molecule has 4 rings (SSSR count). The number of rotatable bonds is 9. The van der Waals surface area contributed by atoms with E-state index in [2.05, 4.69) is 49.4 Å². The molecule has 0 atom stereocenters. The topological polar surface area (TPSA) is 70.6 Å². The summed E-state index contributed by atoms with van der Waals surface area (Å²) in [5.41, 5.74) is 2.38. The molecule has 0 unspecified atom stereocenters. The van der Waals surface area contributed by atoms with Crippen molar-refractivity contribution in [3.8, 4) is 5.75 Å². The first kappa shape index (κ1) is 24.2. The van der Waals surface area contributed by atoms with E-state index >= 15 is 0 Å². The highest BCUT2D eigenvalue weighted by Crippen LogP contribution is 2.25. The molecule has 1 aliphatic heterocycles. The lowest BCUT2D eigenvalue weighted by molar-refractivity contribution is -0.118. The van der Waals surface area contributed by atoms with Gasteiger partial charge in [-0.25, -0.2) is 9.97 Å². The standard InChI is InChI=1S/C25H28ClN5O2S/c1-33-21-9-7-20(8-10-21)30-13-15-31(16-14-30)23-17-22(26)28-25(29-23)34-18-24(32)27-12-11-19-5-3-2-4-6-19/h2-10,17H,11-16,18H2,1H3,(H,27,32). The number of methoxy groups -OCH3 is 1. The van der Waals surface area contributed by atoms with E-state index < -0.39 is 0 Å². The maximum absolute atomic E-state index is 12.2. The van der Waals surface area contributed by atoms with E-state index in [1.165, 1.54) is 23.0 Å². The van der Waals surface area contributed by atoms with Gasteiger partial charge in [0.05, 0.1) is 12.9 Å². The third-order valence-corrected chi connectivity index (χ3v) is 6.65. The monoisotopic (exact) mass is 497 g/mol. The van der Waals surface area contributed by atoms with E-state index in [4.69, 9.17) is 16.3 Å². The summed E-state index contributed by atoms with van der Waals surface area (Å²) in [6, 6.07) is 20.0. The number of nitrogens with zero attached hydrogens (tertiary/aromatic N) is 4. The van der Waals surface area contributed by atoms with Crippen LogP contribution in [0.15, 0.2) is 65.8 Å². The van der Waals surface area contributed by atoms with Crippen LogP contribution in [-0.2, 0) is 11.2 Å². The summed E-state index contributed by atoms with van der Waals surface area (Å²) in [6.45, 7) is 4.00. The van der Waals surface area contributed by atoms with Crippen LogP contribution >= 0.6 is 23.4 Å². The molecule has 1 amide bonds. The van der Waals surface area contributed by atoms with Gasteiger partial charge >= 0.3 is 0 Å². The lowest BCUT2D eigenvalue weighted by Crippen LogP contribution is -2.46. The van der Waals surface area contributed by atoms with Crippen molar-refractivity contribution in [2.75, 3.05) is 55.4 Å². The number of aromatic nitrogens is 2. The molecule has 3 aromatic rings. The highest BCUT2D eigenvalue weighted by Gasteiger charge is 2.20. The second kappa shape index (κ2) is 11.9. The van der Waals surface area contributed by atoms with E-state index in [-0.39, 0.29) is 11.7 Å². The number of carbonyl (C=O) groups excluding carboxylic acids is 1. The van der Waals surface area contributed by atoms with Crippen LogP contribution in [0, 0.1) is 0 Å². The summed E-state index contributed by atoms with van der Waals surface area (Å²) in [5, 5.41) is 3.85. The Balaban J connectivity index is 1.26. The minimum Gasteiger partial charge on any atom is -0.497 e. The molecule has 2 heterocycles. The van der Waals surface area contributed by atoms with Crippen molar-refractivity contribution in [2.45, 2.75) is 11.6 Å². The zero-order valence-corrected chi connectivity index (χ0v) is 20.7. The summed E-state index contributed by atoms with van der Waals surface area (Å²) in [4.78, 5) is 25.7. The quantitative estimate of drug-likeness (QED) is 0.273. The molecule has 34 heavy (non-hydrogen) atoms. The molecule has 0 spiro atoms. The van der Waals surface area contributed by atoms with E-state index in [0.717, 1.165) is 44.2 Å². The number of benzene rings is 2. The molecule has 0 radical (unpaired) electrons. The summed E-state index contributed by atoms with van der Waals surface area (Å²) in [6.07, 6.45) is 0.803. The average molecular weight is 498 g/mol. The van der Waals surface area contributed by atoms with E-state index in [1.807, 2.05) is 30.3 Å². The minimum atomic E-state index is -0.0424. The van der Waals surface area contributed by atoms with E-state index in [9.17, 15) is 4.79 Å². The SMILES string of the molecule is COc1ccc(N2CCN(c3cc(Cl)nc(SCC(=O)NCCc4ccccc4)n3)CC2)cc1. The number of nitrogens with one attached hydrogen (secondary N) is 1. The molecular formula is C25H28ClN5O2S. The lowest BCUT2D eigenvalue weighted by Gasteiger charge is -2.36. The van der Waals surface area contributed by atoms with Crippen LogP contribution < -0.4 is 19.9 Å². The minimum absolute atomic E-state index is 0.0424. The second-order valence-electron chi connectivity index (χ2n) is 7.88. The van der Waals surface area contributed by atoms with E-state index in [0.29, 0.717) is 16.9 Å². The average Bonchev–Trinajstić information content (AvgIpc) is 2.88. The van der Waals surface area contributed by atoms with Crippen molar-refractivity contribution in [1.29, 1.82) is 0 Å². The number of carbonyl (C=O) groups is 1. The third kappa shape index (κ3) is 6.77. The maximum atomic E-state index is 12.2. The Kier molecular flexibility index (Phi) is 8.49. The number of hydrogen-bond acceptors (Lipinski definition) is 7. The molecule has 7 nitrogen and oxygen atoms in total. The number of halogens is 1. The molecule has 1 aliphatic rings. The molecule has 1 aromatic heterocycles. The third-order valence-electron chi connectivity index (χ3n) is 5.61. The van der Waals surface area contributed by atoms with Crippen LogP contribution in [0.25, 0.3) is 0 Å². The Hall–Kier alpha value is -2.97. The molecule has 2 aromatic carbocycles. The normalized spacial score (nSPS) is 13.6. The zero-order chi connectivity index (χ0) is 23.8. The molecule has 1 N–H and O–H groups in total. The molecular weight excluding hydrogens is 470 g/mol. The van der Waals surface area contributed by atoms with Crippen molar-refractivity contribution in [1.82, 2.24) is 15.3 Å². The lowest BCUT2D eigenvalue weighted by atomic mass is 10.1. The number of amides is 1. The van der Waals surface area contributed by atoms with Crippen LogP contribution in [0.3, 0.4) is 0 Å². The zero-order valence-electron chi connectivity index (χ0n) is 19.1. The van der Waals surface area contributed by atoms with Gasteiger partial charge in [-0.3, -0.25) is 4.79 Å². The summed E-state index contributed by atoms with van der Waals surface area (Å²) in [5.74, 6) is 1.85. The maximum Gasteiger partial charge on any atom is 0.230 e. The Bertz CT molecular complexity index is 1080. The number of ether oxygens (including phenoxy) is 1. The molecule has 0 bridgehead atoms. The van der Waals surface area contributed by atoms with Gasteiger partial charge in [0.15, 0.2) is 5.16 Å². The fourth-order valence-electron chi connectivity index (χ4n) is 3.77. The number of hydrogen-bond donors (Lipinski definition) is 1. The Morgan fingerprint density at radius 3 is 2.44 bits per heavy atom. The summed E-state index contributed by atoms with van der Waals surface area (Å²) >= 11 is 7.58. The first-order valence-corrected chi connectivity index (χ1v) is 12.6. The smallest absolute Gasteiger partial charge is 0.230 e. The van der Waals surface area contributed by atoms with E-state index in [1.54, 1.807) is 13.2 Å². The van der Waals surface area contributed by atoms with Crippen LogP contribution in [0.1, 0.15) is 5.56 Å². The van der Waals surface area contributed by atoms with Gasteiger partial charge in [-0.15, -0.1) is 0 Å². The Labute approximate surface area is 209 Å². The molecule has 0 aliphatic carbocycles. The molecule has 0 saturated carbocycles. The molecule has 178 valence electrons. The molecule has 1 fully saturated rings. The van der Waals surface area contributed by atoms with Gasteiger partial charge in [0, 0.05) is 44.5 Å². The van der Waals surface area contributed by atoms with Gasteiger partial charge in [-0.2, -0.15) is 0 Å². The number of thioether (sulfide) groups is 1. The first-order valence-electron chi connectivity index (χ1n) is 11.2. The fourth-order valence-corrected chi connectivity index (χ4v) is 4.68. The predicted octanol–water partition coefficient (Wildman–Crippen LogP) is 3.92. The highest BCUT2D eigenvalue weighted by atomic mass is 35.5. The van der Waals surface area contributed by atoms with Gasteiger partial charge in [-0.05, 0) is 36.2 Å². The fraction of sp³-hybridized carbons (Fsp3) is 0.320. The Morgan fingerprint density at radius 1 is 1.03 bits per heavy atom. The van der Waals surface area contributed by atoms with Gasteiger partial charge in [0.2, 0.25) is 5.91 Å². The van der Waals surface area contributed by atoms with Crippen molar-refractivity contribution < 1.29 is 9.53 Å². The van der Waals surface area contributed by atoms with Crippen LogP contribution in [0.5, 0.6) is 5.75 Å². The molecule has 9 heteroatoms. The van der Waals surface area contributed by atoms with Gasteiger partial charge in [0.1, 0.15) is 16.7 Å². The largest absolute Gasteiger partial charge is 0.497 e. The van der Waals surface area contributed by atoms with Crippen molar-refractivity contribution in [2.24, 2.45) is 0 Å². The van der Waals surface area contributed by atoms with Crippen molar-refractivity contribution in [3.63, 3.8) is 0 Å². The predicted molar refractivity (Wildman–Crippen MR) is 138 cm³/mol. The molecule has 1 saturated heterocycles. The highest BCUT2D eigenvalue weighted by molar-refractivity contribution is 7.99. The van der Waals surface area contributed by atoms with Crippen LogP contribution in [0.4, 0.5) is 11.5 Å². The van der Waals surface area contributed by atoms with Crippen molar-refractivity contribution in [3.05, 3.63) is 71.4 Å². The summed E-state index contributed by atoms with van der Waals surface area (Å²) < 4.78 is 5.25. The Morgan fingerprint density at radius 2 is 1.74 bits per heavy atom. The summed E-state index contributed by atoms with van der Waals surface area (Å²) in [7, 11) is 1.67. The van der Waals surface area contributed by atoms with Gasteiger partial charge < -0.3 is 19.9 Å².